The van der Waals surface area contributed by atoms with Crippen molar-refractivity contribution in [2.24, 2.45) is 0 Å². The lowest BCUT2D eigenvalue weighted by molar-refractivity contribution is -0.137. The van der Waals surface area contributed by atoms with Crippen molar-refractivity contribution in [2.45, 2.75) is 13.1 Å². The Labute approximate surface area is 225 Å². The number of carbonyl (C=O) groups is 1. The van der Waals surface area contributed by atoms with Crippen LogP contribution in [0.25, 0.3) is 33.2 Å². The number of anilines is 2. The summed E-state index contributed by atoms with van der Waals surface area (Å²) in [6.07, 6.45) is -1.53. The van der Waals surface area contributed by atoms with E-state index in [4.69, 9.17) is 17.3 Å². The van der Waals surface area contributed by atoms with Crippen LogP contribution in [0.5, 0.6) is 5.75 Å². The number of nitrogen functional groups attached to an aromatic ring is 1. The van der Waals surface area contributed by atoms with Gasteiger partial charge >= 0.3 is 6.18 Å². The van der Waals surface area contributed by atoms with E-state index in [9.17, 15) is 23.1 Å². The first-order valence-electron chi connectivity index (χ1n) is 11.5. The highest BCUT2D eigenvalue weighted by molar-refractivity contribution is 6.29. The second-order valence-electron chi connectivity index (χ2n) is 8.74. The largest absolute Gasteiger partial charge is 0.507 e. The summed E-state index contributed by atoms with van der Waals surface area (Å²) in [5.74, 6) is -0.741. The van der Waals surface area contributed by atoms with Crippen molar-refractivity contribution in [3.8, 4) is 28.0 Å². The summed E-state index contributed by atoms with van der Waals surface area (Å²) in [5.41, 5.74) is 8.02. The minimum Gasteiger partial charge on any atom is -0.507 e. The molecule has 11 heteroatoms. The molecule has 196 valence electrons. The normalized spacial score (nSPS) is 11.5. The quantitative estimate of drug-likeness (QED) is 0.211. The number of hydrogen-bond acceptors (Lipinski definition) is 6. The number of nitrogens with one attached hydrogen (secondary N) is 1. The van der Waals surface area contributed by atoms with Crippen molar-refractivity contribution in [1.82, 2.24) is 15.0 Å². The molecule has 0 saturated heterocycles. The van der Waals surface area contributed by atoms with Crippen LogP contribution in [0.4, 0.5) is 24.8 Å². The van der Waals surface area contributed by atoms with Gasteiger partial charge in [0.25, 0.3) is 5.91 Å². The molecule has 2 aromatic heterocycles. The number of rotatable bonds is 4. The van der Waals surface area contributed by atoms with E-state index in [1.807, 2.05) is 0 Å². The van der Waals surface area contributed by atoms with Crippen LogP contribution >= 0.6 is 11.6 Å². The molecule has 0 saturated carbocycles. The van der Waals surface area contributed by atoms with Gasteiger partial charge in [-0.2, -0.15) is 13.2 Å². The molecule has 0 bridgehead atoms. The van der Waals surface area contributed by atoms with Gasteiger partial charge in [-0.15, -0.1) is 0 Å². The molecule has 0 radical (unpaired) electrons. The zero-order valence-corrected chi connectivity index (χ0v) is 21.0. The Bertz CT molecular complexity index is 1760. The maximum atomic E-state index is 13.1. The lowest BCUT2D eigenvalue weighted by atomic mass is 9.91. The highest BCUT2D eigenvalue weighted by Gasteiger charge is 2.30. The third-order valence-corrected chi connectivity index (χ3v) is 6.32. The van der Waals surface area contributed by atoms with Gasteiger partial charge in [-0.25, -0.2) is 15.0 Å². The van der Waals surface area contributed by atoms with Crippen molar-refractivity contribution in [3.05, 3.63) is 94.9 Å². The maximum Gasteiger partial charge on any atom is 0.416 e. The molecule has 0 unspecified atom stereocenters. The van der Waals surface area contributed by atoms with Crippen LogP contribution in [0.15, 0.2) is 73.1 Å². The number of nitrogens with zero attached hydrogens (tertiary/aromatic N) is 3. The Morgan fingerprint density at radius 2 is 1.82 bits per heavy atom. The van der Waals surface area contributed by atoms with Crippen molar-refractivity contribution in [2.75, 3.05) is 11.1 Å². The van der Waals surface area contributed by atoms with Gasteiger partial charge in [0.2, 0.25) is 5.95 Å². The molecular weight excluding hydrogens is 531 g/mol. The van der Waals surface area contributed by atoms with Crippen molar-refractivity contribution in [3.63, 3.8) is 0 Å². The highest BCUT2D eigenvalue weighted by atomic mass is 35.5. The Morgan fingerprint density at radius 1 is 1.03 bits per heavy atom. The topological polar surface area (TPSA) is 114 Å². The molecule has 0 aliphatic rings. The van der Waals surface area contributed by atoms with Gasteiger partial charge in [0, 0.05) is 34.6 Å². The fourth-order valence-corrected chi connectivity index (χ4v) is 4.42. The van der Waals surface area contributed by atoms with Gasteiger partial charge in [0.1, 0.15) is 10.9 Å². The number of fused-ring (bicyclic) bond motifs is 1. The molecule has 0 aliphatic carbocycles. The van der Waals surface area contributed by atoms with Crippen LogP contribution in [0, 0.1) is 6.92 Å². The van der Waals surface area contributed by atoms with E-state index in [-0.39, 0.29) is 28.1 Å². The fraction of sp³-hybridized carbons (Fsp3) is 0.0714. The Kier molecular flexibility index (Phi) is 6.57. The first kappa shape index (κ1) is 25.9. The number of carbonyl (C=O) groups excluding carboxylic acids is 1. The number of phenolic OH excluding ortho intramolecular Hbond substituents is 1. The minimum atomic E-state index is -4.55. The number of amides is 1. The summed E-state index contributed by atoms with van der Waals surface area (Å²) in [7, 11) is 0. The molecule has 7 nitrogen and oxygen atoms in total. The number of hydrogen-bond donors (Lipinski definition) is 3. The number of halogens is 4. The van der Waals surface area contributed by atoms with Crippen LogP contribution in [0.3, 0.4) is 0 Å². The molecule has 2 heterocycles. The molecule has 0 atom stereocenters. The summed E-state index contributed by atoms with van der Waals surface area (Å²) < 4.78 is 39.3. The van der Waals surface area contributed by atoms with E-state index < -0.39 is 17.6 Å². The number of phenols is 1. The van der Waals surface area contributed by atoms with Gasteiger partial charge in [-0.05, 0) is 72.1 Å². The minimum absolute atomic E-state index is 0.00269. The molecule has 0 spiro atoms. The summed E-state index contributed by atoms with van der Waals surface area (Å²) in [5, 5.41) is 14.8. The average Bonchev–Trinajstić information content (AvgIpc) is 2.88. The van der Waals surface area contributed by atoms with E-state index in [0.717, 1.165) is 17.7 Å². The van der Waals surface area contributed by atoms with E-state index in [1.54, 1.807) is 43.3 Å². The number of alkyl halides is 3. The molecule has 0 fully saturated rings. The number of aromatic nitrogens is 3. The maximum absolute atomic E-state index is 13.1. The molecular formula is C28H19ClF3N5O2. The van der Waals surface area contributed by atoms with Crippen LogP contribution < -0.4 is 11.1 Å². The second kappa shape index (κ2) is 9.88. The predicted molar refractivity (Wildman–Crippen MR) is 143 cm³/mol. The van der Waals surface area contributed by atoms with Gasteiger partial charge in [0.05, 0.1) is 16.6 Å². The van der Waals surface area contributed by atoms with Gasteiger partial charge < -0.3 is 16.2 Å². The Balaban J connectivity index is 1.62. The Hall–Kier alpha value is -4.70. The summed E-state index contributed by atoms with van der Waals surface area (Å²) in [4.78, 5) is 25.4. The lowest BCUT2D eigenvalue weighted by Crippen LogP contribution is -2.13. The SMILES string of the molecule is Cc1ccc(C(=O)Nc2cccc(C(F)(F)F)c2)cc1-c1cc2cnc(N)nc2c(-c2ccnc(Cl)c2)c1O. The van der Waals surface area contributed by atoms with E-state index >= 15 is 0 Å². The Morgan fingerprint density at radius 3 is 2.56 bits per heavy atom. The highest BCUT2D eigenvalue weighted by Crippen LogP contribution is 2.44. The lowest BCUT2D eigenvalue weighted by Gasteiger charge is -2.16. The predicted octanol–water partition coefficient (Wildman–Crippen LogP) is 6.88. The van der Waals surface area contributed by atoms with E-state index in [0.29, 0.717) is 33.2 Å². The van der Waals surface area contributed by atoms with Gasteiger partial charge in [0.15, 0.2) is 0 Å². The summed E-state index contributed by atoms with van der Waals surface area (Å²) in [6.45, 7) is 1.80. The number of aryl methyl sites for hydroxylation is 1. The van der Waals surface area contributed by atoms with Crippen LogP contribution in [-0.4, -0.2) is 26.0 Å². The van der Waals surface area contributed by atoms with Gasteiger partial charge in [-0.3, -0.25) is 4.79 Å². The van der Waals surface area contributed by atoms with Crippen LogP contribution in [0.1, 0.15) is 21.5 Å². The molecule has 3 aromatic carbocycles. The summed E-state index contributed by atoms with van der Waals surface area (Å²) in [6, 6.07) is 14.1. The third kappa shape index (κ3) is 5.19. The molecule has 4 N–H and O–H groups in total. The molecule has 5 aromatic rings. The second-order valence-corrected chi connectivity index (χ2v) is 9.13. The van der Waals surface area contributed by atoms with E-state index in [1.165, 1.54) is 24.5 Å². The third-order valence-electron chi connectivity index (χ3n) is 6.12. The smallest absolute Gasteiger partial charge is 0.416 e. The number of benzene rings is 3. The molecule has 0 aliphatic heterocycles. The number of aromatic hydroxyl groups is 1. The molecule has 39 heavy (non-hydrogen) atoms. The summed E-state index contributed by atoms with van der Waals surface area (Å²) >= 11 is 6.11. The monoisotopic (exact) mass is 549 g/mol. The zero-order valence-electron chi connectivity index (χ0n) is 20.2. The zero-order chi connectivity index (χ0) is 27.9. The number of pyridine rings is 1. The average molecular weight is 550 g/mol. The van der Waals surface area contributed by atoms with Crippen molar-refractivity contribution in [1.29, 1.82) is 0 Å². The first-order valence-corrected chi connectivity index (χ1v) is 11.9. The van der Waals surface area contributed by atoms with Crippen molar-refractivity contribution >= 4 is 40.0 Å². The number of nitrogens with two attached hydrogens (primary N) is 1. The standard InChI is InChI=1S/C28H19ClF3N5O2/c1-14-5-6-16(26(39)36-19-4-2-3-18(12-19)28(30,31)32)9-20(14)21-10-17-13-35-27(33)37-24(17)23(25(21)38)15-7-8-34-22(29)11-15/h2-13,38H,1H3,(H,36,39)(H2,33,35,37). The molecule has 1 amide bonds. The van der Waals surface area contributed by atoms with Crippen molar-refractivity contribution < 1.29 is 23.1 Å². The first-order chi connectivity index (χ1) is 18.5. The van der Waals surface area contributed by atoms with Gasteiger partial charge in [-0.1, -0.05) is 23.7 Å². The van der Waals surface area contributed by atoms with Crippen LogP contribution in [-0.2, 0) is 6.18 Å². The molecule has 5 rings (SSSR count). The van der Waals surface area contributed by atoms with Crippen LogP contribution in [0.2, 0.25) is 5.15 Å². The fourth-order valence-electron chi connectivity index (χ4n) is 4.25. The van der Waals surface area contributed by atoms with E-state index in [2.05, 4.69) is 20.3 Å².